The largest absolute Gasteiger partial charge is 0.503 e. The summed E-state index contributed by atoms with van der Waals surface area (Å²) in [5.74, 6) is -1.26. The van der Waals surface area contributed by atoms with E-state index in [-0.39, 0.29) is 29.2 Å². The number of halogens is 1. The van der Waals surface area contributed by atoms with Crippen molar-refractivity contribution in [3.8, 4) is 0 Å². The number of aliphatic hydroxyl groups is 1. The summed E-state index contributed by atoms with van der Waals surface area (Å²) in [4.78, 5) is 35.1. The van der Waals surface area contributed by atoms with Crippen molar-refractivity contribution in [2.75, 3.05) is 27.2 Å². The fourth-order valence-corrected chi connectivity index (χ4v) is 4.92. The first-order valence-corrected chi connectivity index (χ1v) is 11.7. The lowest BCUT2D eigenvalue weighted by molar-refractivity contribution is -0.129. The number of aryl methyl sites for hydroxylation is 2. The van der Waals surface area contributed by atoms with Crippen LogP contribution in [0.5, 0.6) is 0 Å². The summed E-state index contributed by atoms with van der Waals surface area (Å²) in [6.45, 7) is 11.3. The van der Waals surface area contributed by atoms with Crippen LogP contribution >= 0.6 is 23.7 Å². The summed E-state index contributed by atoms with van der Waals surface area (Å²) in [5, 5.41) is 11.6. The van der Waals surface area contributed by atoms with Gasteiger partial charge in [0.25, 0.3) is 5.91 Å². The van der Waals surface area contributed by atoms with Crippen molar-refractivity contribution in [2.24, 2.45) is 0 Å². The number of nitrogens with zero attached hydrogens (tertiary/aromatic N) is 3. The Bertz CT molecular complexity index is 1050. The Labute approximate surface area is 206 Å². The third-order valence-electron chi connectivity index (χ3n) is 5.75. The molecule has 1 unspecified atom stereocenters. The molecule has 3 rings (SSSR count). The maximum absolute atomic E-state index is 13.5. The second-order valence-corrected chi connectivity index (χ2v) is 10.9. The van der Waals surface area contributed by atoms with E-state index in [2.05, 4.69) is 30.7 Å². The molecule has 1 N–H and O–H groups in total. The third kappa shape index (κ3) is 5.65. The van der Waals surface area contributed by atoms with E-state index in [1.54, 1.807) is 11.8 Å². The molecular formula is C25H34ClN3O3S. The molecule has 0 radical (unpaired) electrons. The molecule has 2 heterocycles. The van der Waals surface area contributed by atoms with Gasteiger partial charge in [0.15, 0.2) is 5.76 Å². The first-order valence-electron chi connectivity index (χ1n) is 10.9. The summed E-state index contributed by atoms with van der Waals surface area (Å²) in [6, 6.07) is 7.39. The van der Waals surface area contributed by atoms with E-state index in [0.717, 1.165) is 23.5 Å². The normalized spacial score (nSPS) is 16.5. The number of carbonyl (C=O) groups is 2. The lowest BCUT2D eigenvalue weighted by Gasteiger charge is -2.28. The van der Waals surface area contributed by atoms with Gasteiger partial charge in [-0.1, -0.05) is 45.0 Å². The minimum Gasteiger partial charge on any atom is -0.503 e. The van der Waals surface area contributed by atoms with Crippen molar-refractivity contribution in [3.05, 3.63) is 62.3 Å². The molecule has 0 spiro atoms. The molecule has 180 valence electrons. The van der Waals surface area contributed by atoms with Crippen LogP contribution in [0.2, 0.25) is 0 Å². The molecular weight excluding hydrogens is 458 g/mol. The van der Waals surface area contributed by atoms with Crippen molar-refractivity contribution in [1.82, 2.24) is 14.8 Å². The van der Waals surface area contributed by atoms with Gasteiger partial charge in [0, 0.05) is 6.54 Å². The van der Waals surface area contributed by atoms with Crippen LogP contribution in [0.4, 0.5) is 0 Å². The summed E-state index contributed by atoms with van der Waals surface area (Å²) >= 11 is 1.30. The number of aliphatic hydroxyl groups excluding tert-OH is 1. The molecule has 1 amide bonds. The molecule has 1 atom stereocenters. The number of rotatable bonds is 7. The quantitative estimate of drug-likeness (QED) is 0.551. The topological polar surface area (TPSA) is 73.7 Å². The number of ketones is 1. The summed E-state index contributed by atoms with van der Waals surface area (Å²) < 4.78 is 0. The van der Waals surface area contributed by atoms with Crippen molar-refractivity contribution >= 4 is 35.4 Å². The first kappa shape index (κ1) is 27.0. The fourth-order valence-electron chi connectivity index (χ4n) is 4.05. The van der Waals surface area contributed by atoms with Crippen LogP contribution in [0, 0.1) is 13.8 Å². The Kier molecular flexibility index (Phi) is 8.49. The molecule has 2 aromatic rings. The van der Waals surface area contributed by atoms with E-state index in [1.807, 2.05) is 45.3 Å². The van der Waals surface area contributed by atoms with Gasteiger partial charge < -0.3 is 14.9 Å². The highest BCUT2D eigenvalue weighted by Crippen LogP contribution is 2.40. The average Bonchev–Trinajstić information content (AvgIpc) is 3.17. The van der Waals surface area contributed by atoms with Gasteiger partial charge in [-0.15, -0.1) is 23.7 Å². The lowest BCUT2D eigenvalue weighted by atomic mass is 9.85. The van der Waals surface area contributed by atoms with E-state index in [4.69, 9.17) is 0 Å². The van der Waals surface area contributed by atoms with Gasteiger partial charge in [0.05, 0.1) is 27.2 Å². The number of carbonyl (C=O) groups excluding carboxylic acids is 2. The summed E-state index contributed by atoms with van der Waals surface area (Å²) in [7, 11) is 3.96. The van der Waals surface area contributed by atoms with Crippen LogP contribution < -0.4 is 0 Å². The predicted octanol–water partition coefficient (Wildman–Crippen LogP) is 5.01. The maximum atomic E-state index is 13.5. The highest BCUT2D eigenvalue weighted by molar-refractivity contribution is 7.14. The highest BCUT2D eigenvalue weighted by atomic mass is 35.5. The molecule has 0 bridgehead atoms. The number of hydrogen-bond donors (Lipinski definition) is 1. The van der Waals surface area contributed by atoms with Gasteiger partial charge in [-0.3, -0.25) is 9.59 Å². The van der Waals surface area contributed by atoms with Gasteiger partial charge in [0.1, 0.15) is 0 Å². The average molecular weight is 492 g/mol. The van der Waals surface area contributed by atoms with Crippen molar-refractivity contribution in [1.29, 1.82) is 0 Å². The van der Waals surface area contributed by atoms with E-state index in [0.29, 0.717) is 17.1 Å². The van der Waals surface area contributed by atoms with Gasteiger partial charge >= 0.3 is 0 Å². The van der Waals surface area contributed by atoms with Crippen molar-refractivity contribution < 1.29 is 14.7 Å². The zero-order valence-corrected chi connectivity index (χ0v) is 22.1. The van der Waals surface area contributed by atoms with Crippen LogP contribution in [-0.4, -0.2) is 58.8 Å². The van der Waals surface area contributed by atoms with Crippen LogP contribution in [0.25, 0.3) is 0 Å². The third-order valence-corrected chi connectivity index (χ3v) is 6.83. The van der Waals surface area contributed by atoms with Crippen LogP contribution in [-0.2, 0) is 10.2 Å². The molecule has 1 aromatic carbocycles. The SMILES string of the molecule is Cc1nc(C)c(C(=O)C2=C(O)C(=O)N(CCCN(C)C)C2c2ccc(C(C)(C)C)cc2)s1.Cl. The van der Waals surface area contributed by atoms with Gasteiger partial charge in [-0.2, -0.15) is 0 Å². The van der Waals surface area contributed by atoms with Gasteiger partial charge in [-0.05, 0) is 57.5 Å². The highest BCUT2D eigenvalue weighted by Gasteiger charge is 2.44. The molecule has 0 saturated heterocycles. The molecule has 0 fully saturated rings. The monoisotopic (exact) mass is 491 g/mol. The molecule has 0 saturated carbocycles. The van der Waals surface area contributed by atoms with Gasteiger partial charge in [0.2, 0.25) is 5.78 Å². The summed E-state index contributed by atoms with van der Waals surface area (Å²) in [6.07, 6.45) is 0.739. The molecule has 1 aromatic heterocycles. The predicted molar refractivity (Wildman–Crippen MR) is 136 cm³/mol. The Morgan fingerprint density at radius 2 is 1.79 bits per heavy atom. The standard InChI is InChI=1S/C25H33N3O3S.ClH/c1-15-23(32-16(2)26-15)21(29)19-20(17-9-11-18(12-10-17)25(3,4)5)28(24(31)22(19)30)14-8-13-27(6)7;/h9-12,20,30H,8,13-14H2,1-7H3;1H. The van der Waals surface area contributed by atoms with E-state index in [9.17, 15) is 14.7 Å². The minimum atomic E-state index is -0.618. The molecule has 33 heavy (non-hydrogen) atoms. The minimum absolute atomic E-state index is 0. The fraction of sp³-hybridized carbons (Fsp3) is 0.480. The van der Waals surface area contributed by atoms with E-state index < -0.39 is 17.7 Å². The lowest BCUT2D eigenvalue weighted by Crippen LogP contribution is -2.33. The van der Waals surface area contributed by atoms with Crippen molar-refractivity contribution in [2.45, 2.75) is 52.5 Å². The van der Waals surface area contributed by atoms with Gasteiger partial charge in [-0.25, -0.2) is 4.98 Å². The molecule has 1 aliphatic heterocycles. The second kappa shape index (κ2) is 10.4. The molecule has 6 nitrogen and oxygen atoms in total. The maximum Gasteiger partial charge on any atom is 0.290 e. The number of benzene rings is 1. The zero-order valence-electron chi connectivity index (χ0n) is 20.4. The second-order valence-electron chi connectivity index (χ2n) is 9.67. The number of hydrogen-bond acceptors (Lipinski definition) is 6. The van der Waals surface area contributed by atoms with E-state index in [1.165, 1.54) is 16.9 Å². The number of Topliss-reactive ketones (excluding diaryl/α,β-unsaturated/α-hetero) is 1. The molecule has 1 aliphatic rings. The van der Waals surface area contributed by atoms with Crippen molar-refractivity contribution in [3.63, 3.8) is 0 Å². The Morgan fingerprint density at radius 1 is 1.18 bits per heavy atom. The molecule has 8 heteroatoms. The number of amides is 1. The molecule has 0 aliphatic carbocycles. The number of aromatic nitrogens is 1. The van der Waals surface area contributed by atoms with Crippen LogP contribution in [0.3, 0.4) is 0 Å². The van der Waals surface area contributed by atoms with Crippen LogP contribution in [0.1, 0.15) is 64.7 Å². The Balaban J connectivity index is 0.00000385. The Morgan fingerprint density at radius 3 is 2.27 bits per heavy atom. The number of thiazole rings is 1. The summed E-state index contributed by atoms with van der Waals surface area (Å²) in [5.41, 5.74) is 2.75. The van der Waals surface area contributed by atoms with E-state index >= 15 is 0 Å². The zero-order chi connectivity index (χ0) is 23.8. The smallest absolute Gasteiger partial charge is 0.290 e. The Hall–Kier alpha value is -2.22. The first-order chi connectivity index (χ1) is 14.9. The van der Waals surface area contributed by atoms with Crippen LogP contribution in [0.15, 0.2) is 35.6 Å².